The third kappa shape index (κ3) is 4.63. The van der Waals surface area contributed by atoms with Crippen molar-refractivity contribution >= 4 is 27.3 Å². The molecule has 7 heteroatoms. The second-order valence-corrected chi connectivity index (χ2v) is 6.74. The van der Waals surface area contributed by atoms with Gasteiger partial charge in [-0.2, -0.15) is 0 Å². The molecule has 0 spiro atoms. The SMILES string of the molecule is O=S(=O)(CCCCCl)Nc1cccc(C2OCCO2)c1. The Balaban J connectivity index is 2.00. The predicted octanol–water partition coefficient (Wildman–Crippen LogP) is 2.49. The lowest BCUT2D eigenvalue weighted by atomic mass is 10.2. The van der Waals surface area contributed by atoms with Crippen LogP contribution in [0.2, 0.25) is 0 Å². The molecule has 0 atom stereocenters. The van der Waals surface area contributed by atoms with Crippen molar-refractivity contribution in [3.8, 4) is 0 Å². The maximum Gasteiger partial charge on any atom is 0.232 e. The molecule has 1 aliphatic heterocycles. The summed E-state index contributed by atoms with van der Waals surface area (Å²) in [4.78, 5) is 0. The first kappa shape index (κ1) is 15.6. The zero-order valence-electron chi connectivity index (χ0n) is 11.0. The zero-order chi connectivity index (χ0) is 14.4. The summed E-state index contributed by atoms with van der Waals surface area (Å²) in [6.07, 6.45) is 0.829. The first-order chi connectivity index (χ1) is 9.61. The van der Waals surface area contributed by atoms with Gasteiger partial charge >= 0.3 is 0 Å². The third-order valence-electron chi connectivity index (χ3n) is 2.85. The van der Waals surface area contributed by atoms with Crippen LogP contribution < -0.4 is 4.72 Å². The lowest BCUT2D eigenvalue weighted by Crippen LogP contribution is -2.17. The Labute approximate surface area is 124 Å². The van der Waals surface area contributed by atoms with Crippen molar-refractivity contribution in [3.63, 3.8) is 0 Å². The number of hydrogen-bond donors (Lipinski definition) is 1. The second kappa shape index (κ2) is 7.26. The number of anilines is 1. The molecule has 0 aliphatic carbocycles. The molecule has 5 nitrogen and oxygen atoms in total. The average Bonchev–Trinajstić information content (AvgIpc) is 2.92. The van der Waals surface area contributed by atoms with Gasteiger partial charge < -0.3 is 9.47 Å². The lowest BCUT2D eigenvalue weighted by Gasteiger charge is -2.12. The van der Waals surface area contributed by atoms with Gasteiger partial charge in [-0.05, 0) is 25.0 Å². The van der Waals surface area contributed by atoms with Gasteiger partial charge in [-0.3, -0.25) is 4.72 Å². The minimum Gasteiger partial charge on any atom is -0.346 e. The highest BCUT2D eigenvalue weighted by Crippen LogP contribution is 2.25. The molecule has 1 aliphatic rings. The Morgan fingerprint density at radius 1 is 1.25 bits per heavy atom. The van der Waals surface area contributed by atoms with E-state index in [1.807, 2.05) is 6.07 Å². The summed E-state index contributed by atoms with van der Waals surface area (Å²) in [7, 11) is -3.34. The highest BCUT2D eigenvalue weighted by molar-refractivity contribution is 7.92. The number of ether oxygens (including phenoxy) is 2. The molecule has 2 rings (SSSR count). The van der Waals surface area contributed by atoms with Crippen LogP contribution in [0.25, 0.3) is 0 Å². The van der Waals surface area contributed by atoms with Gasteiger partial charge in [0.2, 0.25) is 10.0 Å². The third-order valence-corrected chi connectivity index (χ3v) is 4.49. The number of hydrogen-bond acceptors (Lipinski definition) is 4. The van der Waals surface area contributed by atoms with E-state index in [4.69, 9.17) is 21.1 Å². The van der Waals surface area contributed by atoms with Crippen LogP contribution in [0.3, 0.4) is 0 Å². The molecule has 0 amide bonds. The first-order valence-electron chi connectivity index (χ1n) is 6.50. The van der Waals surface area contributed by atoms with Gasteiger partial charge in [0.15, 0.2) is 6.29 Å². The summed E-state index contributed by atoms with van der Waals surface area (Å²) in [6, 6.07) is 7.06. The van der Waals surface area contributed by atoms with Crippen LogP contribution in [-0.2, 0) is 19.5 Å². The van der Waals surface area contributed by atoms with Crippen molar-refractivity contribution in [3.05, 3.63) is 29.8 Å². The molecule has 1 N–H and O–H groups in total. The van der Waals surface area contributed by atoms with E-state index in [1.54, 1.807) is 18.2 Å². The first-order valence-corrected chi connectivity index (χ1v) is 8.69. The fourth-order valence-corrected chi connectivity index (χ4v) is 3.28. The normalized spacial score (nSPS) is 16.4. The largest absolute Gasteiger partial charge is 0.346 e. The van der Waals surface area contributed by atoms with Crippen molar-refractivity contribution in [2.24, 2.45) is 0 Å². The van der Waals surface area contributed by atoms with Gasteiger partial charge in [0, 0.05) is 17.1 Å². The molecule has 1 fully saturated rings. The highest BCUT2D eigenvalue weighted by Gasteiger charge is 2.19. The maximum absolute atomic E-state index is 11.9. The second-order valence-electron chi connectivity index (χ2n) is 4.52. The average molecular weight is 320 g/mol. The topological polar surface area (TPSA) is 64.6 Å². The lowest BCUT2D eigenvalue weighted by molar-refractivity contribution is -0.0440. The molecule has 112 valence electrons. The van der Waals surface area contributed by atoms with Crippen LogP contribution in [0.1, 0.15) is 24.7 Å². The smallest absolute Gasteiger partial charge is 0.232 e. The van der Waals surface area contributed by atoms with Crippen molar-refractivity contribution < 1.29 is 17.9 Å². The number of benzene rings is 1. The number of unbranched alkanes of at least 4 members (excludes halogenated alkanes) is 1. The molecule has 20 heavy (non-hydrogen) atoms. The summed E-state index contributed by atoms with van der Waals surface area (Å²) < 4.78 is 37.1. The van der Waals surface area contributed by atoms with E-state index in [-0.39, 0.29) is 5.75 Å². The Bertz CT molecular complexity index is 529. The summed E-state index contributed by atoms with van der Waals surface area (Å²) >= 11 is 5.54. The van der Waals surface area contributed by atoms with Crippen molar-refractivity contribution in [2.45, 2.75) is 19.1 Å². The van der Waals surface area contributed by atoms with E-state index in [2.05, 4.69) is 4.72 Å². The number of alkyl halides is 1. The molecule has 1 heterocycles. The summed E-state index contributed by atoms with van der Waals surface area (Å²) in [6.45, 7) is 1.11. The fraction of sp³-hybridized carbons (Fsp3) is 0.538. The standard InChI is InChI=1S/C13H18ClNO4S/c14-6-1-2-9-20(16,17)15-12-5-3-4-11(10-12)13-18-7-8-19-13/h3-5,10,13,15H,1-2,6-9H2. The Hall–Kier alpha value is -0.820. The molecule has 0 radical (unpaired) electrons. The number of nitrogens with one attached hydrogen (secondary N) is 1. The van der Waals surface area contributed by atoms with Crippen LogP contribution in [0, 0.1) is 0 Å². The van der Waals surface area contributed by atoms with E-state index < -0.39 is 16.3 Å². The molecular weight excluding hydrogens is 302 g/mol. The minimum absolute atomic E-state index is 0.0698. The van der Waals surface area contributed by atoms with Crippen molar-refractivity contribution in [1.82, 2.24) is 0 Å². The molecule has 1 aromatic carbocycles. The monoisotopic (exact) mass is 319 g/mol. The van der Waals surface area contributed by atoms with Crippen LogP contribution in [-0.4, -0.2) is 33.3 Å². The van der Waals surface area contributed by atoms with E-state index >= 15 is 0 Å². The summed E-state index contributed by atoms with van der Waals surface area (Å²) in [5.41, 5.74) is 1.33. The van der Waals surface area contributed by atoms with Crippen LogP contribution in [0.5, 0.6) is 0 Å². The summed E-state index contributed by atoms with van der Waals surface area (Å²) in [5, 5.41) is 0. The Morgan fingerprint density at radius 2 is 2.00 bits per heavy atom. The predicted molar refractivity (Wildman–Crippen MR) is 78.5 cm³/mol. The molecule has 1 saturated heterocycles. The number of rotatable bonds is 7. The summed E-state index contributed by atoms with van der Waals surface area (Å²) in [5.74, 6) is 0.543. The van der Waals surface area contributed by atoms with Crippen molar-refractivity contribution in [1.29, 1.82) is 0 Å². The molecular formula is C13H18ClNO4S. The van der Waals surface area contributed by atoms with Gasteiger partial charge in [-0.25, -0.2) is 8.42 Å². The van der Waals surface area contributed by atoms with E-state index in [0.717, 1.165) is 5.56 Å². The minimum atomic E-state index is -3.34. The molecule has 0 saturated carbocycles. The molecule has 0 bridgehead atoms. The Morgan fingerprint density at radius 3 is 2.70 bits per heavy atom. The molecule has 1 aromatic rings. The van der Waals surface area contributed by atoms with Gasteiger partial charge in [0.25, 0.3) is 0 Å². The zero-order valence-corrected chi connectivity index (χ0v) is 12.6. The van der Waals surface area contributed by atoms with Crippen LogP contribution in [0.15, 0.2) is 24.3 Å². The quantitative estimate of drug-likeness (QED) is 0.619. The van der Waals surface area contributed by atoms with Gasteiger partial charge in [0.05, 0.1) is 19.0 Å². The van der Waals surface area contributed by atoms with Crippen LogP contribution >= 0.6 is 11.6 Å². The van der Waals surface area contributed by atoms with E-state index in [0.29, 0.717) is 37.6 Å². The molecule has 0 aromatic heterocycles. The highest BCUT2D eigenvalue weighted by atomic mass is 35.5. The van der Waals surface area contributed by atoms with Crippen molar-refractivity contribution in [2.75, 3.05) is 29.6 Å². The molecule has 0 unspecified atom stereocenters. The maximum atomic E-state index is 11.9. The van der Waals surface area contributed by atoms with E-state index in [1.165, 1.54) is 0 Å². The van der Waals surface area contributed by atoms with Gasteiger partial charge in [0.1, 0.15) is 0 Å². The van der Waals surface area contributed by atoms with Gasteiger partial charge in [-0.15, -0.1) is 11.6 Å². The van der Waals surface area contributed by atoms with Crippen LogP contribution in [0.4, 0.5) is 5.69 Å². The fourth-order valence-electron chi connectivity index (χ4n) is 1.92. The van der Waals surface area contributed by atoms with Gasteiger partial charge in [-0.1, -0.05) is 12.1 Å². The Kier molecular flexibility index (Phi) is 5.65. The number of halogens is 1. The number of sulfonamides is 1. The van der Waals surface area contributed by atoms with E-state index in [9.17, 15) is 8.42 Å².